The van der Waals surface area contributed by atoms with Crippen LogP contribution in [0.1, 0.15) is 18.9 Å². The van der Waals surface area contributed by atoms with Crippen LogP contribution in [0, 0.1) is 0 Å². The van der Waals surface area contributed by atoms with Gasteiger partial charge in [-0.1, -0.05) is 30.3 Å². The highest BCUT2D eigenvalue weighted by atomic mass is 16.5. The van der Waals surface area contributed by atoms with Gasteiger partial charge in [-0.25, -0.2) is 0 Å². The molecule has 1 aromatic rings. The lowest BCUT2D eigenvalue weighted by atomic mass is 10.2. The molecule has 1 aromatic carbocycles. The first-order valence-electron chi connectivity index (χ1n) is 8.76. The highest BCUT2D eigenvalue weighted by molar-refractivity contribution is 5.95. The largest absolute Gasteiger partial charge is 0.379 e. The third-order valence-electron chi connectivity index (χ3n) is 4.03. The van der Waals surface area contributed by atoms with Crippen molar-refractivity contribution in [1.29, 1.82) is 0 Å². The van der Waals surface area contributed by atoms with Gasteiger partial charge in [0.1, 0.15) is 6.04 Å². The number of hydrogen-bond acceptors (Lipinski definition) is 4. The van der Waals surface area contributed by atoms with Gasteiger partial charge in [0.25, 0.3) is 0 Å². The van der Waals surface area contributed by atoms with E-state index in [-0.39, 0.29) is 11.8 Å². The maximum Gasteiger partial charge on any atom is 0.244 e. The molecule has 1 aliphatic rings. The van der Waals surface area contributed by atoms with Crippen LogP contribution in [0.3, 0.4) is 0 Å². The molecule has 1 atom stereocenters. The molecule has 2 amide bonds. The van der Waals surface area contributed by atoms with Gasteiger partial charge >= 0.3 is 0 Å². The zero-order valence-corrected chi connectivity index (χ0v) is 14.7. The fourth-order valence-electron chi connectivity index (χ4n) is 2.56. The van der Waals surface area contributed by atoms with Crippen molar-refractivity contribution < 1.29 is 14.3 Å². The number of rotatable bonds is 8. The smallest absolute Gasteiger partial charge is 0.244 e. The monoisotopic (exact) mass is 345 g/mol. The fourth-order valence-corrected chi connectivity index (χ4v) is 2.56. The van der Waals surface area contributed by atoms with Gasteiger partial charge in [0.05, 0.1) is 13.2 Å². The van der Waals surface area contributed by atoms with Crippen LogP contribution in [-0.2, 0) is 14.3 Å². The lowest BCUT2D eigenvalue weighted by Gasteiger charge is -2.26. The highest BCUT2D eigenvalue weighted by Gasteiger charge is 2.14. The molecule has 1 fully saturated rings. The van der Waals surface area contributed by atoms with Crippen molar-refractivity contribution in [3.05, 3.63) is 42.0 Å². The van der Waals surface area contributed by atoms with Crippen molar-refractivity contribution in [1.82, 2.24) is 15.5 Å². The minimum atomic E-state index is -0.559. The number of amides is 2. The molecule has 6 heteroatoms. The normalized spacial score (nSPS) is 16.5. The molecule has 0 radical (unpaired) electrons. The number of nitrogens with one attached hydrogen (secondary N) is 2. The summed E-state index contributed by atoms with van der Waals surface area (Å²) in [7, 11) is 0. The SMILES string of the molecule is CC(NC(=O)/C=C/c1ccccc1)C(=O)NCCCN1CCOCC1. The summed E-state index contributed by atoms with van der Waals surface area (Å²) >= 11 is 0. The van der Waals surface area contributed by atoms with Crippen molar-refractivity contribution in [3.8, 4) is 0 Å². The van der Waals surface area contributed by atoms with Crippen molar-refractivity contribution in [2.45, 2.75) is 19.4 Å². The average molecular weight is 345 g/mol. The summed E-state index contributed by atoms with van der Waals surface area (Å²) in [6.07, 6.45) is 4.06. The molecule has 0 spiro atoms. The molecule has 6 nitrogen and oxygen atoms in total. The average Bonchev–Trinajstić information content (AvgIpc) is 2.65. The van der Waals surface area contributed by atoms with Crippen molar-refractivity contribution in [3.63, 3.8) is 0 Å². The number of nitrogens with zero attached hydrogens (tertiary/aromatic N) is 1. The number of carbonyl (C=O) groups excluding carboxylic acids is 2. The molecule has 1 saturated heterocycles. The molecule has 1 aliphatic heterocycles. The molecule has 136 valence electrons. The summed E-state index contributed by atoms with van der Waals surface area (Å²) in [5.74, 6) is -0.441. The Bertz CT molecular complexity index is 569. The second-order valence-electron chi connectivity index (χ2n) is 6.07. The lowest BCUT2D eigenvalue weighted by Crippen LogP contribution is -2.45. The zero-order valence-electron chi connectivity index (χ0n) is 14.7. The third-order valence-corrected chi connectivity index (χ3v) is 4.03. The Labute approximate surface area is 149 Å². The van der Waals surface area contributed by atoms with Gasteiger partial charge < -0.3 is 15.4 Å². The van der Waals surface area contributed by atoms with Gasteiger partial charge in [0.15, 0.2) is 0 Å². The molecular formula is C19H27N3O3. The van der Waals surface area contributed by atoms with E-state index in [1.54, 1.807) is 13.0 Å². The summed E-state index contributed by atoms with van der Waals surface area (Å²) in [4.78, 5) is 26.2. The molecule has 1 unspecified atom stereocenters. The Morgan fingerprint density at radius 1 is 1.24 bits per heavy atom. The quantitative estimate of drug-likeness (QED) is 0.546. The van der Waals surface area contributed by atoms with Crippen LogP contribution in [0.2, 0.25) is 0 Å². The van der Waals surface area contributed by atoms with E-state index in [1.807, 2.05) is 30.3 Å². The summed E-state index contributed by atoms with van der Waals surface area (Å²) in [6.45, 7) is 6.71. The van der Waals surface area contributed by atoms with Crippen LogP contribution >= 0.6 is 0 Å². The predicted molar refractivity (Wildman–Crippen MR) is 98.0 cm³/mol. The standard InChI is InChI=1S/C19H27N3O3/c1-16(21-18(23)9-8-17-6-3-2-4-7-17)19(24)20-10-5-11-22-12-14-25-15-13-22/h2-4,6-9,16H,5,10-15H2,1H3,(H,20,24)(H,21,23)/b9-8+. The van der Waals surface area contributed by atoms with E-state index in [0.717, 1.165) is 44.8 Å². The number of morpholine rings is 1. The maximum absolute atomic E-state index is 12.0. The number of benzene rings is 1. The Hall–Kier alpha value is -2.18. The minimum Gasteiger partial charge on any atom is -0.379 e. The fraction of sp³-hybridized carbons (Fsp3) is 0.474. The third kappa shape index (κ3) is 7.49. The second-order valence-corrected chi connectivity index (χ2v) is 6.07. The van der Waals surface area contributed by atoms with E-state index in [2.05, 4.69) is 15.5 Å². The van der Waals surface area contributed by atoms with E-state index >= 15 is 0 Å². The molecule has 0 aliphatic carbocycles. The first kappa shape index (κ1) is 19.1. The van der Waals surface area contributed by atoms with Crippen LogP contribution in [0.15, 0.2) is 36.4 Å². The van der Waals surface area contributed by atoms with Crippen LogP contribution in [-0.4, -0.2) is 62.1 Å². The van der Waals surface area contributed by atoms with Crippen LogP contribution in [0.4, 0.5) is 0 Å². The zero-order chi connectivity index (χ0) is 17.9. The topological polar surface area (TPSA) is 70.7 Å². The highest BCUT2D eigenvalue weighted by Crippen LogP contribution is 2.00. The van der Waals surface area contributed by atoms with E-state index in [4.69, 9.17) is 4.74 Å². The molecule has 25 heavy (non-hydrogen) atoms. The Morgan fingerprint density at radius 2 is 1.96 bits per heavy atom. The number of ether oxygens (including phenoxy) is 1. The molecule has 2 rings (SSSR count). The summed E-state index contributed by atoms with van der Waals surface area (Å²) in [5.41, 5.74) is 0.942. The first-order chi connectivity index (χ1) is 12.1. The van der Waals surface area contributed by atoms with Crippen molar-refractivity contribution in [2.24, 2.45) is 0 Å². The van der Waals surface area contributed by atoms with Crippen molar-refractivity contribution in [2.75, 3.05) is 39.4 Å². The van der Waals surface area contributed by atoms with Gasteiger partial charge in [-0.15, -0.1) is 0 Å². The Balaban J connectivity index is 1.62. The second kappa shape index (κ2) is 10.6. The molecule has 0 aromatic heterocycles. The Kier molecular flexibility index (Phi) is 8.15. The summed E-state index contributed by atoms with van der Waals surface area (Å²) < 4.78 is 5.30. The number of hydrogen-bond donors (Lipinski definition) is 2. The summed E-state index contributed by atoms with van der Waals surface area (Å²) in [5, 5.41) is 5.54. The van der Waals surface area contributed by atoms with E-state index < -0.39 is 6.04 Å². The Morgan fingerprint density at radius 3 is 2.68 bits per heavy atom. The lowest BCUT2D eigenvalue weighted by molar-refractivity contribution is -0.126. The van der Waals surface area contributed by atoms with Crippen molar-refractivity contribution >= 4 is 17.9 Å². The predicted octanol–water partition coefficient (Wildman–Crippen LogP) is 1.04. The van der Waals surface area contributed by atoms with Gasteiger partial charge in [0.2, 0.25) is 11.8 Å². The van der Waals surface area contributed by atoms with Gasteiger partial charge in [-0.3, -0.25) is 14.5 Å². The molecule has 1 heterocycles. The molecular weight excluding hydrogens is 318 g/mol. The minimum absolute atomic E-state index is 0.163. The van der Waals surface area contributed by atoms with Crippen LogP contribution in [0.5, 0.6) is 0 Å². The van der Waals surface area contributed by atoms with Gasteiger partial charge in [-0.05, 0) is 31.5 Å². The van der Waals surface area contributed by atoms with Gasteiger partial charge in [-0.2, -0.15) is 0 Å². The van der Waals surface area contributed by atoms with Gasteiger partial charge in [0, 0.05) is 25.7 Å². The number of carbonyl (C=O) groups is 2. The van der Waals surface area contributed by atoms with E-state index in [1.165, 1.54) is 6.08 Å². The van der Waals surface area contributed by atoms with Crippen LogP contribution < -0.4 is 10.6 Å². The molecule has 0 saturated carbocycles. The van der Waals surface area contributed by atoms with E-state index in [9.17, 15) is 9.59 Å². The van der Waals surface area contributed by atoms with E-state index in [0.29, 0.717) is 6.54 Å². The first-order valence-corrected chi connectivity index (χ1v) is 8.76. The maximum atomic E-state index is 12.0. The van der Waals surface area contributed by atoms with Crippen LogP contribution in [0.25, 0.3) is 6.08 Å². The molecule has 2 N–H and O–H groups in total. The summed E-state index contributed by atoms with van der Waals surface area (Å²) in [6, 6.07) is 9.00. The molecule has 0 bridgehead atoms.